The van der Waals surface area contributed by atoms with Crippen LogP contribution < -0.4 is 4.80 Å². The number of rotatable bonds is 2. The average Bonchev–Trinajstić information content (AvgIpc) is 2.76. The van der Waals surface area contributed by atoms with E-state index in [9.17, 15) is 8.42 Å². The van der Waals surface area contributed by atoms with Crippen molar-refractivity contribution in [2.75, 3.05) is 0 Å². The molecule has 1 heterocycles. The third-order valence-corrected chi connectivity index (χ3v) is 5.74. The molecule has 3 rings (SSSR count). The molecule has 21 heavy (non-hydrogen) atoms. The molecule has 0 radical (unpaired) electrons. The van der Waals surface area contributed by atoms with E-state index in [4.69, 9.17) is 0 Å². The van der Waals surface area contributed by atoms with E-state index in [1.54, 1.807) is 28.8 Å². The molecule has 0 aliphatic rings. The van der Waals surface area contributed by atoms with E-state index in [2.05, 4.69) is 4.40 Å². The second kappa shape index (κ2) is 5.13. The zero-order valence-corrected chi connectivity index (χ0v) is 13.3. The monoisotopic (exact) mass is 318 g/mol. The Hall–Kier alpha value is -1.92. The number of thiazole rings is 1. The number of sulfonamides is 1. The van der Waals surface area contributed by atoms with Crippen molar-refractivity contribution in [2.45, 2.75) is 11.8 Å². The maximum Gasteiger partial charge on any atom is 0.285 e. The summed E-state index contributed by atoms with van der Waals surface area (Å²) in [4.78, 5) is 0.683. The van der Waals surface area contributed by atoms with Gasteiger partial charge in [0, 0.05) is 7.05 Å². The summed E-state index contributed by atoms with van der Waals surface area (Å²) < 4.78 is 31.5. The van der Waals surface area contributed by atoms with E-state index in [0.29, 0.717) is 4.80 Å². The number of fused-ring (bicyclic) bond motifs is 1. The number of hydrogen-bond acceptors (Lipinski definition) is 3. The normalized spacial score (nSPS) is 13.0. The molecule has 0 amide bonds. The van der Waals surface area contributed by atoms with Crippen LogP contribution in [0.2, 0.25) is 0 Å². The second-order valence-electron chi connectivity index (χ2n) is 4.79. The Morgan fingerprint density at radius 2 is 1.71 bits per heavy atom. The van der Waals surface area contributed by atoms with Crippen LogP contribution in [0.25, 0.3) is 10.2 Å². The van der Waals surface area contributed by atoms with E-state index in [0.717, 1.165) is 15.8 Å². The van der Waals surface area contributed by atoms with Crippen LogP contribution in [0.15, 0.2) is 57.8 Å². The van der Waals surface area contributed by atoms with E-state index in [-0.39, 0.29) is 4.90 Å². The average molecular weight is 318 g/mol. The molecule has 0 bridgehead atoms. The molecule has 4 nitrogen and oxygen atoms in total. The zero-order valence-electron chi connectivity index (χ0n) is 11.6. The van der Waals surface area contributed by atoms with Crippen molar-refractivity contribution in [3.63, 3.8) is 0 Å². The fourth-order valence-corrected chi connectivity index (χ4v) is 4.28. The standard InChI is InChI=1S/C15H14N2O2S2/c1-11-7-9-12(10-8-11)21(18,19)16-15-17(2)13-5-3-4-6-14(13)20-15/h3-10H,1-2H3/b16-15-. The van der Waals surface area contributed by atoms with Gasteiger partial charge in [0.15, 0.2) is 0 Å². The molecular weight excluding hydrogens is 304 g/mol. The van der Waals surface area contributed by atoms with Gasteiger partial charge in [-0.25, -0.2) is 0 Å². The molecule has 0 unspecified atom stereocenters. The fraction of sp³-hybridized carbons (Fsp3) is 0.133. The van der Waals surface area contributed by atoms with Gasteiger partial charge in [0.05, 0.1) is 15.1 Å². The van der Waals surface area contributed by atoms with Gasteiger partial charge in [0.1, 0.15) is 0 Å². The van der Waals surface area contributed by atoms with Crippen LogP contribution in [0.4, 0.5) is 0 Å². The molecule has 0 fully saturated rings. The Bertz CT molecular complexity index is 965. The molecular formula is C15H14N2O2S2. The maximum atomic E-state index is 12.4. The summed E-state index contributed by atoms with van der Waals surface area (Å²) in [5.74, 6) is 0. The van der Waals surface area contributed by atoms with Crippen LogP contribution >= 0.6 is 11.3 Å². The van der Waals surface area contributed by atoms with Crippen molar-refractivity contribution in [3.05, 3.63) is 58.9 Å². The summed E-state index contributed by atoms with van der Waals surface area (Å²) in [5.41, 5.74) is 1.99. The first-order chi connectivity index (χ1) is 9.97. The first-order valence-corrected chi connectivity index (χ1v) is 8.65. The van der Waals surface area contributed by atoms with Gasteiger partial charge in [-0.1, -0.05) is 41.2 Å². The van der Waals surface area contributed by atoms with Crippen molar-refractivity contribution in [1.29, 1.82) is 0 Å². The van der Waals surface area contributed by atoms with Crippen molar-refractivity contribution in [2.24, 2.45) is 11.4 Å². The Morgan fingerprint density at radius 1 is 1.05 bits per heavy atom. The first-order valence-electron chi connectivity index (χ1n) is 6.40. The lowest BCUT2D eigenvalue weighted by Crippen LogP contribution is -2.13. The van der Waals surface area contributed by atoms with E-state index in [1.165, 1.54) is 11.3 Å². The number of para-hydroxylation sites is 1. The van der Waals surface area contributed by atoms with Gasteiger partial charge in [-0.2, -0.15) is 8.42 Å². The van der Waals surface area contributed by atoms with Crippen molar-refractivity contribution >= 4 is 31.6 Å². The van der Waals surface area contributed by atoms with Crippen LogP contribution in [0.1, 0.15) is 5.56 Å². The Kier molecular flexibility index (Phi) is 3.43. The molecule has 2 aromatic carbocycles. The molecule has 0 aliphatic heterocycles. The number of aromatic nitrogens is 1. The van der Waals surface area contributed by atoms with Crippen LogP contribution in [-0.4, -0.2) is 13.0 Å². The third kappa shape index (κ3) is 2.64. The van der Waals surface area contributed by atoms with E-state index in [1.807, 2.05) is 38.2 Å². The molecule has 0 aliphatic carbocycles. The number of aryl methyl sites for hydroxylation is 2. The molecule has 1 aromatic heterocycles. The summed E-state index contributed by atoms with van der Waals surface area (Å²) >= 11 is 1.37. The largest absolute Gasteiger partial charge is 0.319 e. The molecule has 0 N–H and O–H groups in total. The fourth-order valence-electron chi connectivity index (χ4n) is 2.04. The van der Waals surface area contributed by atoms with Gasteiger partial charge in [-0.3, -0.25) is 0 Å². The predicted molar refractivity (Wildman–Crippen MR) is 84.7 cm³/mol. The summed E-state index contributed by atoms with van der Waals surface area (Å²) in [6.07, 6.45) is 0. The topological polar surface area (TPSA) is 51.4 Å². The van der Waals surface area contributed by atoms with Crippen LogP contribution in [-0.2, 0) is 17.1 Å². The van der Waals surface area contributed by atoms with Gasteiger partial charge in [-0.05, 0) is 31.2 Å². The minimum absolute atomic E-state index is 0.213. The van der Waals surface area contributed by atoms with Gasteiger partial charge in [0.2, 0.25) is 4.80 Å². The zero-order chi connectivity index (χ0) is 15.0. The highest BCUT2D eigenvalue weighted by molar-refractivity contribution is 7.90. The molecule has 0 atom stereocenters. The summed E-state index contributed by atoms with van der Waals surface area (Å²) in [5, 5.41) is 0. The van der Waals surface area contributed by atoms with Crippen LogP contribution in [0.5, 0.6) is 0 Å². The minimum atomic E-state index is -3.69. The Balaban J connectivity index is 2.19. The van der Waals surface area contributed by atoms with Crippen molar-refractivity contribution in [3.8, 4) is 0 Å². The van der Waals surface area contributed by atoms with E-state index >= 15 is 0 Å². The lowest BCUT2D eigenvalue weighted by molar-refractivity contribution is 0.596. The van der Waals surface area contributed by atoms with Crippen LogP contribution in [0.3, 0.4) is 0 Å². The SMILES string of the molecule is Cc1ccc(S(=O)(=O)/N=c2\sc3ccccc3n2C)cc1. The van der Waals surface area contributed by atoms with Crippen LogP contribution in [0, 0.1) is 6.92 Å². The summed E-state index contributed by atoms with van der Waals surface area (Å²) in [7, 11) is -1.86. The molecule has 0 saturated heterocycles. The quantitative estimate of drug-likeness (QED) is 0.729. The second-order valence-corrected chi connectivity index (χ2v) is 7.40. The van der Waals surface area contributed by atoms with E-state index < -0.39 is 10.0 Å². The third-order valence-electron chi connectivity index (χ3n) is 3.23. The molecule has 0 spiro atoms. The van der Waals surface area contributed by atoms with Gasteiger partial charge >= 0.3 is 0 Å². The number of nitrogens with zero attached hydrogens (tertiary/aromatic N) is 2. The smallest absolute Gasteiger partial charge is 0.285 e. The van der Waals surface area contributed by atoms with Crippen molar-refractivity contribution < 1.29 is 8.42 Å². The number of benzene rings is 2. The Morgan fingerprint density at radius 3 is 2.38 bits per heavy atom. The van der Waals surface area contributed by atoms with Gasteiger partial charge < -0.3 is 4.57 Å². The highest BCUT2D eigenvalue weighted by atomic mass is 32.2. The van der Waals surface area contributed by atoms with Gasteiger partial charge in [-0.15, -0.1) is 4.40 Å². The molecule has 0 saturated carbocycles. The van der Waals surface area contributed by atoms with Gasteiger partial charge in [0.25, 0.3) is 10.0 Å². The first kappa shape index (κ1) is 14.0. The Labute approximate surface area is 127 Å². The maximum absolute atomic E-state index is 12.4. The van der Waals surface area contributed by atoms with Crippen molar-refractivity contribution in [1.82, 2.24) is 4.57 Å². The lowest BCUT2D eigenvalue weighted by Gasteiger charge is -1.99. The number of hydrogen-bond donors (Lipinski definition) is 0. The summed E-state index contributed by atoms with van der Waals surface area (Å²) in [6, 6.07) is 14.5. The molecule has 3 aromatic rings. The minimum Gasteiger partial charge on any atom is -0.319 e. The highest BCUT2D eigenvalue weighted by Crippen LogP contribution is 2.17. The molecule has 108 valence electrons. The predicted octanol–water partition coefficient (Wildman–Crippen LogP) is 2.84. The summed E-state index contributed by atoms with van der Waals surface area (Å²) in [6.45, 7) is 1.92. The lowest BCUT2D eigenvalue weighted by atomic mass is 10.2. The molecule has 6 heteroatoms. The highest BCUT2D eigenvalue weighted by Gasteiger charge is 2.13.